The van der Waals surface area contributed by atoms with Crippen molar-refractivity contribution in [2.24, 2.45) is 0 Å². The standard InChI is InChI=1S/C44H44Cl2N8O8S/c1-44(2,28-19-26(22-47)39(36(46)20-28)61-18-14-45)27-3-6-32(7-4-27)62-25-29-11-15-48-43(49-29)51-63(59,60)33-12-16-52(17-13-33)31-23-53(24-31)30-5-8-34-35(21-30)42(58)54(41(34)57)37-9-10-38(55)50-40(37)56/h3-8,11,15,19-21,31,33,37H,9-10,12-14,16-18,23-25H2,1-2H3,(H,48,49,51)(H,50,55,56). The van der Waals surface area contributed by atoms with Gasteiger partial charge in [-0.25, -0.2) is 18.4 Å². The van der Waals surface area contributed by atoms with Crippen molar-refractivity contribution in [3.05, 3.63) is 105 Å². The summed E-state index contributed by atoms with van der Waals surface area (Å²) in [6, 6.07) is 19.1. The number of halogens is 2. The van der Waals surface area contributed by atoms with E-state index in [-0.39, 0.29) is 55.1 Å². The van der Waals surface area contributed by atoms with Crippen LogP contribution in [0.25, 0.3) is 0 Å². The zero-order valence-corrected chi connectivity index (χ0v) is 36.8. The number of rotatable bonds is 14. The minimum atomic E-state index is -3.80. The number of fused-ring (bicyclic) bond motifs is 1. The van der Waals surface area contributed by atoms with Gasteiger partial charge in [0.1, 0.15) is 31.1 Å². The van der Waals surface area contributed by atoms with E-state index in [2.05, 4.69) is 35.9 Å². The summed E-state index contributed by atoms with van der Waals surface area (Å²) in [6.45, 7) is 6.85. The third kappa shape index (κ3) is 8.90. The summed E-state index contributed by atoms with van der Waals surface area (Å²) in [5.41, 5.74) is 3.32. The quantitative estimate of drug-likeness (QED) is 0.126. The van der Waals surface area contributed by atoms with E-state index in [1.54, 1.807) is 36.4 Å². The van der Waals surface area contributed by atoms with Crippen LogP contribution in [0.3, 0.4) is 0 Å². The molecule has 4 amide bonds. The number of amides is 4. The third-order valence-corrected chi connectivity index (χ3v) is 14.5. The number of benzene rings is 3. The molecule has 0 spiro atoms. The Morgan fingerprint density at radius 2 is 1.67 bits per heavy atom. The van der Waals surface area contributed by atoms with Crippen LogP contribution in [0.4, 0.5) is 11.6 Å². The Morgan fingerprint density at radius 3 is 2.37 bits per heavy atom. The molecule has 1 unspecified atom stereocenters. The normalized spacial score (nSPS) is 18.7. The van der Waals surface area contributed by atoms with Gasteiger partial charge in [0.05, 0.1) is 38.5 Å². The SMILES string of the molecule is CC(C)(c1ccc(OCc2ccnc(NS(=O)(=O)C3CCN(C4CN(c5ccc6c(c5)C(=O)N(C5CCC(=O)NC5=O)C6=O)C4)CC3)n2)cc1)c1cc(Cl)c(OCCCl)c(C#N)c1. The van der Waals surface area contributed by atoms with Crippen LogP contribution in [0.1, 0.15) is 82.6 Å². The number of likely N-dealkylation sites (tertiary alicyclic amines) is 1. The smallest absolute Gasteiger partial charge is 0.262 e. The van der Waals surface area contributed by atoms with Gasteiger partial charge in [0.15, 0.2) is 5.75 Å². The van der Waals surface area contributed by atoms with Crippen molar-refractivity contribution in [1.29, 1.82) is 5.26 Å². The number of alkyl halides is 1. The maximum atomic E-state index is 13.5. The number of piperidine rings is 2. The predicted octanol–water partition coefficient (Wildman–Crippen LogP) is 5.02. The van der Waals surface area contributed by atoms with E-state index >= 15 is 0 Å². The molecule has 2 N–H and O–H groups in total. The highest BCUT2D eigenvalue weighted by Gasteiger charge is 2.45. The van der Waals surface area contributed by atoms with Crippen molar-refractivity contribution < 1.29 is 37.1 Å². The minimum Gasteiger partial charge on any atom is -0.489 e. The zero-order chi connectivity index (χ0) is 44.6. The van der Waals surface area contributed by atoms with E-state index < -0.39 is 50.4 Å². The Bertz CT molecular complexity index is 2630. The number of nitrogens with zero attached hydrogens (tertiary/aromatic N) is 6. The maximum Gasteiger partial charge on any atom is 0.262 e. The van der Waals surface area contributed by atoms with Crippen LogP contribution in [0.15, 0.2) is 66.9 Å². The zero-order valence-electron chi connectivity index (χ0n) is 34.5. The topological polar surface area (TPSA) is 204 Å². The Hall–Kier alpha value is -5.80. The second kappa shape index (κ2) is 17.8. The van der Waals surface area contributed by atoms with Gasteiger partial charge in [-0.15, -0.1) is 11.6 Å². The minimum absolute atomic E-state index is 0.0329. The lowest BCUT2D eigenvalue weighted by molar-refractivity contribution is -0.136. The number of ether oxygens (including phenoxy) is 2. The van der Waals surface area contributed by atoms with Crippen molar-refractivity contribution in [3.8, 4) is 17.6 Å². The monoisotopic (exact) mass is 914 g/mol. The van der Waals surface area contributed by atoms with E-state index in [9.17, 15) is 32.9 Å². The Balaban J connectivity index is 0.811. The van der Waals surface area contributed by atoms with Crippen molar-refractivity contribution in [2.75, 3.05) is 48.3 Å². The van der Waals surface area contributed by atoms with Crippen LogP contribution in [0.2, 0.25) is 5.02 Å². The summed E-state index contributed by atoms with van der Waals surface area (Å²) < 4.78 is 41.2. The Kier molecular flexibility index (Phi) is 12.4. The summed E-state index contributed by atoms with van der Waals surface area (Å²) >= 11 is 12.3. The first-order valence-corrected chi connectivity index (χ1v) is 23.0. The summed E-state index contributed by atoms with van der Waals surface area (Å²) in [4.78, 5) is 64.3. The molecule has 19 heteroatoms. The highest BCUT2D eigenvalue weighted by atomic mass is 35.5. The molecule has 0 aliphatic carbocycles. The average molecular weight is 916 g/mol. The van der Waals surface area contributed by atoms with Gasteiger partial charge in [0.2, 0.25) is 27.8 Å². The molecule has 0 saturated carbocycles. The van der Waals surface area contributed by atoms with Crippen LogP contribution in [0, 0.1) is 11.3 Å². The maximum absolute atomic E-state index is 13.5. The number of carbonyl (C=O) groups excluding carboxylic acids is 4. The summed E-state index contributed by atoms with van der Waals surface area (Å²) in [5.74, 6) is -1.05. The predicted molar refractivity (Wildman–Crippen MR) is 234 cm³/mol. The first-order chi connectivity index (χ1) is 30.2. The molecular weight excluding hydrogens is 872 g/mol. The number of anilines is 2. The third-order valence-electron chi connectivity index (χ3n) is 12.2. The first kappa shape index (κ1) is 43.8. The lowest BCUT2D eigenvalue weighted by atomic mass is 9.77. The first-order valence-electron chi connectivity index (χ1n) is 20.5. The molecule has 3 saturated heterocycles. The molecule has 5 heterocycles. The molecule has 3 aromatic carbocycles. The molecular formula is C44H44Cl2N8O8S. The molecule has 3 fully saturated rings. The number of nitriles is 1. The molecule has 0 radical (unpaired) electrons. The molecule has 4 aromatic rings. The molecule has 4 aliphatic heterocycles. The molecule has 16 nitrogen and oxygen atoms in total. The largest absolute Gasteiger partial charge is 0.489 e. The van der Waals surface area contributed by atoms with Gasteiger partial charge in [-0.2, -0.15) is 5.26 Å². The van der Waals surface area contributed by atoms with Crippen molar-refractivity contribution in [3.63, 3.8) is 0 Å². The molecule has 4 aliphatic rings. The molecule has 63 heavy (non-hydrogen) atoms. The van der Waals surface area contributed by atoms with Crippen molar-refractivity contribution in [2.45, 2.75) is 68.9 Å². The Labute approximate surface area is 374 Å². The summed E-state index contributed by atoms with van der Waals surface area (Å²) in [5, 5.41) is 11.7. The van der Waals surface area contributed by atoms with E-state index in [0.717, 1.165) is 21.7 Å². The molecule has 1 aromatic heterocycles. The van der Waals surface area contributed by atoms with Crippen LogP contribution in [-0.4, -0.2) is 108 Å². The van der Waals surface area contributed by atoms with Crippen LogP contribution in [-0.2, 0) is 31.6 Å². The number of carbonyl (C=O) groups is 4. The van der Waals surface area contributed by atoms with Gasteiger partial charge < -0.3 is 14.4 Å². The van der Waals surface area contributed by atoms with Crippen LogP contribution < -0.4 is 24.4 Å². The molecule has 8 rings (SSSR count). The molecule has 328 valence electrons. The second-order valence-corrected chi connectivity index (χ2v) is 19.2. The molecule has 1 atom stereocenters. The fraction of sp³-hybridized carbons (Fsp3) is 0.386. The fourth-order valence-electron chi connectivity index (χ4n) is 8.46. The van der Waals surface area contributed by atoms with Gasteiger partial charge in [-0.3, -0.25) is 39.0 Å². The number of sulfonamides is 1. The van der Waals surface area contributed by atoms with Crippen molar-refractivity contribution >= 4 is 68.5 Å². The second-order valence-electron chi connectivity index (χ2n) is 16.4. The van der Waals surface area contributed by atoms with Crippen LogP contribution >= 0.6 is 23.2 Å². The highest BCUT2D eigenvalue weighted by Crippen LogP contribution is 2.39. The van der Waals surface area contributed by atoms with Gasteiger partial charge >= 0.3 is 0 Å². The highest BCUT2D eigenvalue weighted by molar-refractivity contribution is 7.93. The van der Waals surface area contributed by atoms with E-state index in [1.165, 1.54) is 6.20 Å². The van der Waals surface area contributed by atoms with Crippen molar-refractivity contribution in [1.82, 2.24) is 25.1 Å². The number of hydrogen-bond donors (Lipinski definition) is 2. The Morgan fingerprint density at radius 1 is 0.937 bits per heavy atom. The lowest BCUT2D eigenvalue weighted by Crippen LogP contribution is -2.61. The van der Waals surface area contributed by atoms with Crippen LogP contribution in [0.5, 0.6) is 11.5 Å². The van der Waals surface area contributed by atoms with Gasteiger partial charge in [0, 0.05) is 42.9 Å². The number of imide groups is 2. The fourth-order valence-corrected chi connectivity index (χ4v) is 10.2. The average Bonchev–Trinajstić information content (AvgIpc) is 3.49. The number of hydrogen-bond acceptors (Lipinski definition) is 13. The van der Waals surface area contributed by atoms with Gasteiger partial charge in [-0.1, -0.05) is 37.6 Å². The van der Waals surface area contributed by atoms with E-state index in [0.29, 0.717) is 66.8 Å². The number of nitrogens with one attached hydrogen (secondary N) is 2. The molecule has 0 bridgehead atoms. The summed E-state index contributed by atoms with van der Waals surface area (Å²) in [6.07, 6.45) is 2.48. The lowest BCUT2D eigenvalue weighted by Gasteiger charge is -2.48. The summed E-state index contributed by atoms with van der Waals surface area (Å²) in [7, 11) is -3.80. The van der Waals surface area contributed by atoms with E-state index in [4.69, 9.17) is 32.7 Å². The van der Waals surface area contributed by atoms with E-state index in [1.807, 2.05) is 38.1 Å². The number of aromatic nitrogens is 2. The van der Waals surface area contributed by atoms with Gasteiger partial charge in [-0.05, 0) is 92.0 Å². The van der Waals surface area contributed by atoms with Gasteiger partial charge in [0.25, 0.3) is 11.8 Å².